The molecule has 0 bridgehead atoms. The Morgan fingerprint density at radius 1 is 1.44 bits per heavy atom. The van der Waals surface area contributed by atoms with Gasteiger partial charge in [0.2, 0.25) is 0 Å². The van der Waals surface area contributed by atoms with E-state index in [0.29, 0.717) is 23.7 Å². The van der Waals surface area contributed by atoms with Crippen molar-refractivity contribution in [2.75, 3.05) is 11.9 Å². The number of carbonyl (C=O) groups excluding carboxylic acids is 1. The van der Waals surface area contributed by atoms with Crippen LogP contribution in [0.25, 0.3) is 0 Å². The van der Waals surface area contributed by atoms with Gasteiger partial charge >= 0.3 is 5.97 Å². The highest BCUT2D eigenvalue weighted by molar-refractivity contribution is 5.95. The first-order valence-electron chi connectivity index (χ1n) is 5.43. The molecule has 2 aromatic heterocycles. The van der Waals surface area contributed by atoms with Gasteiger partial charge in [-0.15, -0.1) is 0 Å². The van der Waals surface area contributed by atoms with Crippen molar-refractivity contribution in [1.29, 1.82) is 0 Å². The second-order valence-electron chi connectivity index (χ2n) is 3.54. The van der Waals surface area contributed by atoms with Crippen LogP contribution in [0.2, 0.25) is 0 Å². The summed E-state index contributed by atoms with van der Waals surface area (Å²) in [6.45, 7) is 2.08. The Labute approximate surface area is 104 Å². The Morgan fingerprint density at radius 3 is 2.83 bits per heavy atom. The number of ether oxygens (including phenoxy) is 1. The van der Waals surface area contributed by atoms with Crippen LogP contribution in [0.3, 0.4) is 0 Å². The molecule has 0 atom stereocenters. The number of hydrogen-bond acceptors (Lipinski definition) is 6. The third-order valence-electron chi connectivity index (χ3n) is 2.15. The standard InChI is InChI=1S/C11H13N5O2/c1-3-18-11(17)9-6-16(2)15-10(9)14-8-4-12-7-13-5-8/h4-7H,3H2,1-2H3,(H,14,15). The maximum Gasteiger partial charge on any atom is 0.343 e. The predicted octanol–water partition coefficient (Wildman–Crippen LogP) is 1.13. The molecule has 0 saturated heterocycles. The molecule has 0 spiro atoms. The molecular weight excluding hydrogens is 234 g/mol. The number of nitrogens with one attached hydrogen (secondary N) is 1. The minimum absolute atomic E-state index is 0.321. The fourth-order valence-corrected chi connectivity index (χ4v) is 1.44. The number of aromatic nitrogens is 4. The molecule has 0 unspecified atom stereocenters. The van der Waals surface area contributed by atoms with Gasteiger partial charge in [0.25, 0.3) is 0 Å². The van der Waals surface area contributed by atoms with E-state index >= 15 is 0 Å². The van der Waals surface area contributed by atoms with Crippen molar-refractivity contribution >= 4 is 17.5 Å². The van der Waals surface area contributed by atoms with Gasteiger partial charge in [-0.2, -0.15) is 5.10 Å². The molecule has 2 rings (SSSR count). The summed E-state index contributed by atoms with van der Waals surface area (Å²) in [5, 5.41) is 7.13. The normalized spacial score (nSPS) is 10.1. The number of aryl methyl sites for hydroxylation is 1. The molecule has 0 aliphatic heterocycles. The molecule has 0 fully saturated rings. The Hall–Kier alpha value is -2.44. The van der Waals surface area contributed by atoms with Gasteiger partial charge < -0.3 is 10.1 Å². The molecule has 2 aromatic rings. The van der Waals surface area contributed by atoms with Crippen LogP contribution in [0.15, 0.2) is 24.9 Å². The Kier molecular flexibility index (Phi) is 3.52. The zero-order chi connectivity index (χ0) is 13.0. The van der Waals surface area contributed by atoms with Crippen molar-refractivity contribution in [3.8, 4) is 0 Å². The van der Waals surface area contributed by atoms with Gasteiger partial charge in [0.15, 0.2) is 5.82 Å². The van der Waals surface area contributed by atoms with Gasteiger partial charge in [-0.25, -0.2) is 14.8 Å². The van der Waals surface area contributed by atoms with E-state index in [1.54, 1.807) is 37.2 Å². The molecule has 1 N–H and O–H groups in total. The monoisotopic (exact) mass is 247 g/mol. The van der Waals surface area contributed by atoms with Gasteiger partial charge in [-0.05, 0) is 6.92 Å². The van der Waals surface area contributed by atoms with Crippen molar-refractivity contribution in [3.05, 3.63) is 30.5 Å². The third kappa shape index (κ3) is 2.62. The summed E-state index contributed by atoms with van der Waals surface area (Å²) in [6, 6.07) is 0. The number of esters is 1. The molecule has 0 aromatic carbocycles. The lowest BCUT2D eigenvalue weighted by molar-refractivity contribution is 0.0527. The number of hydrogen-bond donors (Lipinski definition) is 1. The van der Waals surface area contributed by atoms with Gasteiger partial charge in [-0.3, -0.25) is 4.68 Å². The maximum atomic E-state index is 11.7. The molecule has 94 valence electrons. The van der Waals surface area contributed by atoms with Crippen LogP contribution < -0.4 is 5.32 Å². The lowest BCUT2D eigenvalue weighted by Gasteiger charge is -2.04. The second kappa shape index (κ2) is 5.26. The van der Waals surface area contributed by atoms with E-state index in [1.165, 1.54) is 6.33 Å². The maximum absolute atomic E-state index is 11.7. The first kappa shape index (κ1) is 12.0. The quantitative estimate of drug-likeness (QED) is 0.815. The highest BCUT2D eigenvalue weighted by Crippen LogP contribution is 2.18. The highest BCUT2D eigenvalue weighted by atomic mass is 16.5. The second-order valence-corrected chi connectivity index (χ2v) is 3.54. The third-order valence-corrected chi connectivity index (χ3v) is 2.15. The van der Waals surface area contributed by atoms with E-state index in [4.69, 9.17) is 4.74 Å². The summed E-state index contributed by atoms with van der Waals surface area (Å²) >= 11 is 0. The van der Waals surface area contributed by atoms with Crippen molar-refractivity contribution in [2.45, 2.75) is 6.92 Å². The van der Waals surface area contributed by atoms with E-state index < -0.39 is 5.97 Å². The molecule has 0 aliphatic rings. The van der Waals surface area contributed by atoms with Gasteiger partial charge in [0.1, 0.15) is 11.9 Å². The smallest absolute Gasteiger partial charge is 0.343 e. The Morgan fingerprint density at radius 2 is 2.17 bits per heavy atom. The minimum Gasteiger partial charge on any atom is -0.462 e. The van der Waals surface area contributed by atoms with E-state index in [0.717, 1.165) is 0 Å². The fraction of sp³-hybridized carbons (Fsp3) is 0.273. The van der Waals surface area contributed by atoms with Crippen LogP contribution in [-0.2, 0) is 11.8 Å². The summed E-state index contributed by atoms with van der Waals surface area (Å²) in [4.78, 5) is 19.5. The SMILES string of the molecule is CCOC(=O)c1cn(C)nc1Nc1cncnc1. The van der Waals surface area contributed by atoms with Crippen molar-refractivity contribution in [3.63, 3.8) is 0 Å². The van der Waals surface area contributed by atoms with E-state index in [9.17, 15) is 4.79 Å². The largest absolute Gasteiger partial charge is 0.462 e. The zero-order valence-corrected chi connectivity index (χ0v) is 10.1. The van der Waals surface area contributed by atoms with Crippen LogP contribution >= 0.6 is 0 Å². The zero-order valence-electron chi connectivity index (χ0n) is 10.1. The molecule has 7 heteroatoms. The summed E-state index contributed by atoms with van der Waals surface area (Å²) in [5.41, 5.74) is 1.03. The Balaban J connectivity index is 2.25. The summed E-state index contributed by atoms with van der Waals surface area (Å²) in [7, 11) is 1.73. The molecule has 0 saturated carbocycles. The first-order valence-corrected chi connectivity index (χ1v) is 5.43. The fourth-order valence-electron chi connectivity index (χ4n) is 1.44. The summed E-state index contributed by atoms with van der Waals surface area (Å²) in [6.07, 6.45) is 6.22. The molecule has 0 amide bonds. The van der Waals surface area contributed by atoms with Crippen molar-refractivity contribution in [1.82, 2.24) is 19.7 Å². The van der Waals surface area contributed by atoms with E-state index in [-0.39, 0.29) is 0 Å². The highest BCUT2D eigenvalue weighted by Gasteiger charge is 2.16. The number of anilines is 2. The molecule has 7 nitrogen and oxygen atoms in total. The van der Waals surface area contributed by atoms with E-state index in [1.807, 2.05) is 0 Å². The number of carbonyl (C=O) groups is 1. The molecule has 0 radical (unpaired) electrons. The van der Waals surface area contributed by atoms with Crippen LogP contribution in [0.4, 0.5) is 11.5 Å². The van der Waals surface area contributed by atoms with Gasteiger partial charge in [0, 0.05) is 13.2 Å². The van der Waals surface area contributed by atoms with E-state index in [2.05, 4.69) is 20.4 Å². The topological polar surface area (TPSA) is 81.9 Å². The lowest BCUT2D eigenvalue weighted by atomic mass is 10.3. The van der Waals surface area contributed by atoms with Crippen LogP contribution in [-0.4, -0.2) is 32.3 Å². The molecule has 0 aliphatic carbocycles. The average molecular weight is 247 g/mol. The minimum atomic E-state index is -0.412. The Bertz CT molecular complexity index is 538. The van der Waals surface area contributed by atoms with Crippen molar-refractivity contribution in [2.24, 2.45) is 7.05 Å². The molecule has 2 heterocycles. The van der Waals surface area contributed by atoms with Crippen LogP contribution in [0.5, 0.6) is 0 Å². The predicted molar refractivity (Wildman–Crippen MR) is 64.5 cm³/mol. The average Bonchev–Trinajstić information content (AvgIpc) is 2.72. The number of rotatable bonds is 4. The summed E-state index contributed by atoms with van der Waals surface area (Å²) < 4.78 is 6.50. The van der Waals surface area contributed by atoms with Crippen LogP contribution in [0.1, 0.15) is 17.3 Å². The molecular formula is C11H13N5O2. The first-order chi connectivity index (χ1) is 8.70. The lowest BCUT2D eigenvalue weighted by Crippen LogP contribution is -2.06. The van der Waals surface area contributed by atoms with Gasteiger partial charge in [-0.1, -0.05) is 0 Å². The van der Waals surface area contributed by atoms with Crippen LogP contribution in [0, 0.1) is 0 Å². The van der Waals surface area contributed by atoms with Crippen molar-refractivity contribution < 1.29 is 9.53 Å². The molecule has 18 heavy (non-hydrogen) atoms. The number of nitrogens with zero attached hydrogens (tertiary/aromatic N) is 4. The summed E-state index contributed by atoms with van der Waals surface area (Å²) in [5.74, 6) is 0.00991. The van der Waals surface area contributed by atoms with Gasteiger partial charge in [0.05, 0.1) is 24.7 Å².